The van der Waals surface area contributed by atoms with Crippen molar-refractivity contribution in [2.75, 3.05) is 24.7 Å². The molecule has 5 nitrogen and oxygen atoms in total. The van der Waals surface area contributed by atoms with Crippen LogP contribution in [0.4, 0.5) is 0 Å². The van der Waals surface area contributed by atoms with Crippen molar-refractivity contribution in [3.63, 3.8) is 0 Å². The van der Waals surface area contributed by atoms with E-state index in [1.54, 1.807) is 4.90 Å². The van der Waals surface area contributed by atoms with E-state index in [1.807, 2.05) is 12.1 Å². The molecular weight excluding hydrogens is 374 g/mol. The molecule has 28 heavy (non-hydrogen) atoms. The van der Waals surface area contributed by atoms with E-state index in [2.05, 4.69) is 19.1 Å². The predicted molar refractivity (Wildman–Crippen MR) is 111 cm³/mol. The van der Waals surface area contributed by atoms with Gasteiger partial charge in [0.1, 0.15) is 5.75 Å². The van der Waals surface area contributed by atoms with E-state index in [4.69, 9.17) is 4.74 Å². The maximum atomic E-state index is 12.7. The smallest absolute Gasteiger partial charge is 0.260 e. The number of unbranched alkanes of at least 4 members (excludes halogenated alkanes) is 1. The molecule has 1 amide bonds. The van der Waals surface area contributed by atoms with Crippen LogP contribution in [0.3, 0.4) is 0 Å². The molecule has 0 aromatic heterocycles. The molecule has 1 heterocycles. The highest BCUT2D eigenvalue weighted by atomic mass is 32.2. The van der Waals surface area contributed by atoms with E-state index in [9.17, 15) is 13.2 Å². The molecule has 3 rings (SSSR count). The minimum absolute atomic E-state index is 0.0387. The van der Waals surface area contributed by atoms with Gasteiger partial charge in [0.05, 0.1) is 11.5 Å². The van der Waals surface area contributed by atoms with Crippen LogP contribution in [-0.4, -0.2) is 49.9 Å². The van der Waals surface area contributed by atoms with Crippen LogP contribution in [0.25, 0.3) is 0 Å². The lowest BCUT2D eigenvalue weighted by Gasteiger charge is -2.28. The standard InChI is InChI=1S/C22H33NO4S/c1-2-3-14-23(20-13-15-28(25,26)17-20)22(24)16-27-21-11-9-19(10-12-21)18-7-5-4-6-8-18/h9-12,18,20H,2-8,13-17H2,1H3/t20-/m0/s1. The monoisotopic (exact) mass is 407 g/mol. The number of sulfone groups is 1. The van der Waals surface area contributed by atoms with Gasteiger partial charge in [-0.3, -0.25) is 4.79 Å². The van der Waals surface area contributed by atoms with Gasteiger partial charge >= 0.3 is 0 Å². The highest BCUT2D eigenvalue weighted by Gasteiger charge is 2.34. The van der Waals surface area contributed by atoms with E-state index in [1.165, 1.54) is 37.7 Å². The van der Waals surface area contributed by atoms with Crippen molar-refractivity contribution in [1.82, 2.24) is 4.90 Å². The van der Waals surface area contributed by atoms with Gasteiger partial charge in [0.25, 0.3) is 5.91 Å². The van der Waals surface area contributed by atoms with Crippen molar-refractivity contribution >= 4 is 15.7 Å². The molecular formula is C22H33NO4S. The minimum Gasteiger partial charge on any atom is -0.484 e. The number of carbonyl (C=O) groups excluding carboxylic acids is 1. The number of ether oxygens (including phenoxy) is 1. The van der Waals surface area contributed by atoms with Crippen LogP contribution < -0.4 is 4.74 Å². The van der Waals surface area contributed by atoms with Crippen molar-refractivity contribution in [2.24, 2.45) is 0 Å². The molecule has 2 fully saturated rings. The fourth-order valence-electron chi connectivity index (χ4n) is 4.36. The highest BCUT2D eigenvalue weighted by Crippen LogP contribution is 2.33. The van der Waals surface area contributed by atoms with Crippen LogP contribution in [0.1, 0.15) is 69.8 Å². The van der Waals surface area contributed by atoms with Crippen LogP contribution in [0.5, 0.6) is 5.75 Å². The first-order valence-corrected chi connectivity index (χ1v) is 12.5. The van der Waals surface area contributed by atoms with Crippen molar-refractivity contribution in [3.8, 4) is 5.75 Å². The second-order valence-electron chi connectivity index (χ2n) is 8.19. The number of rotatable bonds is 8. The Labute approximate surface area is 169 Å². The van der Waals surface area contributed by atoms with Gasteiger partial charge in [0, 0.05) is 12.6 Å². The van der Waals surface area contributed by atoms with Crippen LogP contribution in [0.15, 0.2) is 24.3 Å². The fourth-order valence-corrected chi connectivity index (χ4v) is 6.09. The zero-order valence-electron chi connectivity index (χ0n) is 16.9. The molecule has 1 aromatic rings. The molecule has 1 aliphatic heterocycles. The molecule has 0 N–H and O–H groups in total. The lowest BCUT2D eigenvalue weighted by Crippen LogP contribution is -2.44. The predicted octanol–water partition coefficient (Wildman–Crippen LogP) is 3.93. The summed E-state index contributed by atoms with van der Waals surface area (Å²) in [5, 5.41) is 0. The maximum absolute atomic E-state index is 12.7. The molecule has 0 bridgehead atoms. The van der Waals surface area contributed by atoms with Crippen LogP contribution >= 0.6 is 0 Å². The minimum atomic E-state index is -3.02. The molecule has 0 unspecified atom stereocenters. The first-order chi connectivity index (χ1) is 13.5. The van der Waals surface area contributed by atoms with Gasteiger partial charge in [0.2, 0.25) is 0 Å². The van der Waals surface area contributed by atoms with E-state index in [0.717, 1.165) is 12.8 Å². The van der Waals surface area contributed by atoms with E-state index >= 15 is 0 Å². The Balaban J connectivity index is 1.56. The zero-order valence-corrected chi connectivity index (χ0v) is 17.8. The number of amides is 1. The van der Waals surface area contributed by atoms with E-state index < -0.39 is 9.84 Å². The third-order valence-corrected chi connectivity index (χ3v) is 7.79. The lowest BCUT2D eigenvalue weighted by molar-refractivity contribution is -0.135. The quantitative estimate of drug-likeness (QED) is 0.655. The average Bonchev–Trinajstić information content (AvgIpc) is 3.07. The van der Waals surface area contributed by atoms with Crippen molar-refractivity contribution < 1.29 is 17.9 Å². The molecule has 2 aliphatic rings. The molecule has 156 valence electrons. The third-order valence-electron chi connectivity index (χ3n) is 6.04. The Morgan fingerprint density at radius 1 is 1.11 bits per heavy atom. The topological polar surface area (TPSA) is 63.7 Å². The molecule has 0 radical (unpaired) electrons. The number of hydrogen-bond donors (Lipinski definition) is 0. The summed E-state index contributed by atoms with van der Waals surface area (Å²) in [4.78, 5) is 14.5. The maximum Gasteiger partial charge on any atom is 0.260 e. The Morgan fingerprint density at radius 2 is 1.82 bits per heavy atom. The van der Waals surface area contributed by atoms with Crippen molar-refractivity contribution in [2.45, 2.75) is 70.3 Å². The number of hydrogen-bond acceptors (Lipinski definition) is 4. The first kappa shape index (κ1) is 21.2. The van der Waals surface area contributed by atoms with Gasteiger partial charge in [-0.1, -0.05) is 44.7 Å². The van der Waals surface area contributed by atoms with Gasteiger partial charge in [-0.25, -0.2) is 8.42 Å². The van der Waals surface area contributed by atoms with Gasteiger partial charge in [0.15, 0.2) is 16.4 Å². The Kier molecular flexibility index (Phi) is 7.38. The van der Waals surface area contributed by atoms with Gasteiger partial charge in [-0.2, -0.15) is 0 Å². The summed E-state index contributed by atoms with van der Waals surface area (Å²) in [6, 6.07) is 7.94. The molecule has 1 saturated heterocycles. The molecule has 1 aliphatic carbocycles. The molecule has 1 atom stereocenters. The van der Waals surface area contributed by atoms with E-state index in [0.29, 0.717) is 24.6 Å². The van der Waals surface area contributed by atoms with Crippen molar-refractivity contribution in [1.29, 1.82) is 0 Å². The third kappa shape index (κ3) is 5.72. The van der Waals surface area contributed by atoms with Gasteiger partial charge < -0.3 is 9.64 Å². The van der Waals surface area contributed by atoms with E-state index in [-0.39, 0.29) is 30.1 Å². The highest BCUT2D eigenvalue weighted by molar-refractivity contribution is 7.91. The summed E-state index contributed by atoms with van der Waals surface area (Å²) in [6.45, 7) is 2.63. The molecule has 6 heteroatoms. The van der Waals surface area contributed by atoms with Gasteiger partial charge in [-0.15, -0.1) is 0 Å². The van der Waals surface area contributed by atoms with Crippen LogP contribution in [0, 0.1) is 0 Å². The second kappa shape index (κ2) is 9.77. The summed E-state index contributed by atoms with van der Waals surface area (Å²) in [6.07, 6.45) is 8.85. The average molecular weight is 408 g/mol. The second-order valence-corrected chi connectivity index (χ2v) is 10.4. The summed E-state index contributed by atoms with van der Waals surface area (Å²) in [5.74, 6) is 1.49. The van der Waals surface area contributed by atoms with Crippen LogP contribution in [0.2, 0.25) is 0 Å². The normalized spacial score (nSPS) is 22.1. The number of carbonyl (C=O) groups is 1. The lowest BCUT2D eigenvalue weighted by atomic mass is 9.84. The summed E-state index contributed by atoms with van der Waals surface area (Å²) < 4.78 is 29.4. The largest absolute Gasteiger partial charge is 0.484 e. The summed E-state index contributed by atoms with van der Waals surface area (Å²) in [7, 11) is -3.02. The number of benzene rings is 1. The van der Waals surface area contributed by atoms with Crippen LogP contribution in [-0.2, 0) is 14.6 Å². The summed E-state index contributed by atoms with van der Waals surface area (Å²) in [5.41, 5.74) is 1.36. The molecule has 1 aromatic carbocycles. The van der Waals surface area contributed by atoms with Crippen molar-refractivity contribution in [3.05, 3.63) is 29.8 Å². The fraction of sp³-hybridized carbons (Fsp3) is 0.682. The first-order valence-electron chi connectivity index (χ1n) is 10.7. The zero-order chi connectivity index (χ0) is 20.0. The molecule has 1 saturated carbocycles. The Morgan fingerprint density at radius 3 is 2.43 bits per heavy atom. The summed E-state index contributed by atoms with van der Waals surface area (Å²) >= 11 is 0. The Bertz CT molecular complexity index is 738. The Hall–Kier alpha value is -1.56. The SMILES string of the molecule is CCCCN(C(=O)COc1ccc(C2CCCCC2)cc1)[C@H]1CCS(=O)(=O)C1. The molecule has 0 spiro atoms. The number of nitrogens with zero attached hydrogens (tertiary/aromatic N) is 1. The van der Waals surface area contributed by atoms with Gasteiger partial charge in [-0.05, 0) is 49.3 Å².